The van der Waals surface area contributed by atoms with Crippen LogP contribution in [0.25, 0.3) is 5.76 Å². The van der Waals surface area contributed by atoms with E-state index in [2.05, 4.69) is 11.9 Å². The van der Waals surface area contributed by atoms with E-state index in [4.69, 9.17) is 14.2 Å². The number of aromatic nitrogens is 1. The molecule has 1 fully saturated rings. The van der Waals surface area contributed by atoms with Crippen molar-refractivity contribution in [3.05, 3.63) is 89.3 Å². The Morgan fingerprint density at radius 3 is 2.61 bits per heavy atom. The molecule has 1 saturated heterocycles. The number of pyridine rings is 1. The van der Waals surface area contributed by atoms with Gasteiger partial charge in [0.1, 0.15) is 24.7 Å². The van der Waals surface area contributed by atoms with E-state index in [1.165, 1.54) is 4.90 Å². The number of hydrogen-bond acceptors (Lipinski definition) is 7. The standard InChI is InChI=1S/C30H30N2O6/c1-2-3-4-14-36-23-7-5-6-21(17-23)27-26(28(33)22-8-9-24-25(18-22)38-16-15-37-24)29(34)30(35)32(27)19-20-10-12-31-13-11-20/h5-13,17-18,27,33H,2-4,14-16,19H2,1H3/t27-/m1/s1. The minimum atomic E-state index is -0.810. The van der Waals surface area contributed by atoms with Gasteiger partial charge in [-0.25, -0.2) is 0 Å². The van der Waals surface area contributed by atoms with Gasteiger partial charge in [-0.05, 0) is 60.0 Å². The van der Waals surface area contributed by atoms with Crippen molar-refractivity contribution in [2.45, 2.75) is 38.8 Å². The Kier molecular flexibility index (Phi) is 7.58. The summed E-state index contributed by atoms with van der Waals surface area (Å²) in [5.41, 5.74) is 1.88. The molecule has 1 N–H and O–H groups in total. The van der Waals surface area contributed by atoms with E-state index < -0.39 is 17.7 Å². The first-order valence-corrected chi connectivity index (χ1v) is 12.9. The quantitative estimate of drug-likeness (QED) is 0.185. The Bertz CT molecular complexity index is 1350. The molecule has 8 heteroatoms. The molecule has 3 heterocycles. The van der Waals surface area contributed by atoms with Crippen LogP contribution in [-0.4, -0.2) is 46.5 Å². The zero-order valence-corrected chi connectivity index (χ0v) is 21.3. The Hall–Kier alpha value is -4.33. The highest BCUT2D eigenvalue weighted by atomic mass is 16.6. The van der Waals surface area contributed by atoms with Crippen molar-refractivity contribution in [2.24, 2.45) is 0 Å². The number of Topliss-reactive ketones (excluding diaryl/α,β-unsaturated/α-hetero) is 1. The largest absolute Gasteiger partial charge is 0.507 e. The maximum absolute atomic E-state index is 13.4. The SMILES string of the molecule is CCCCCOc1cccc([C@@H]2C(=C(O)c3ccc4c(c3)OCCO4)C(=O)C(=O)N2Cc2ccncc2)c1. The second-order valence-corrected chi connectivity index (χ2v) is 9.27. The van der Waals surface area contributed by atoms with Gasteiger partial charge < -0.3 is 24.2 Å². The second-order valence-electron chi connectivity index (χ2n) is 9.27. The highest BCUT2D eigenvalue weighted by Gasteiger charge is 2.46. The predicted molar refractivity (Wildman–Crippen MR) is 141 cm³/mol. The number of amides is 1. The summed E-state index contributed by atoms with van der Waals surface area (Å²) in [6.07, 6.45) is 6.38. The third kappa shape index (κ3) is 5.20. The van der Waals surface area contributed by atoms with Crippen molar-refractivity contribution in [2.75, 3.05) is 19.8 Å². The summed E-state index contributed by atoms with van der Waals surface area (Å²) < 4.78 is 17.2. The molecule has 1 aromatic heterocycles. The minimum absolute atomic E-state index is 0.0175. The number of hydrogen-bond donors (Lipinski definition) is 1. The molecular formula is C30H30N2O6. The smallest absolute Gasteiger partial charge is 0.295 e. The number of carbonyl (C=O) groups excluding carboxylic acids is 2. The summed E-state index contributed by atoms with van der Waals surface area (Å²) in [6, 6.07) is 15.1. The van der Waals surface area contributed by atoms with Crippen molar-refractivity contribution in [1.29, 1.82) is 0 Å². The van der Waals surface area contributed by atoms with Crippen LogP contribution in [0.5, 0.6) is 17.2 Å². The lowest BCUT2D eigenvalue weighted by atomic mass is 9.95. The topological polar surface area (TPSA) is 98.2 Å². The molecule has 3 aromatic rings. The summed E-state index contributed by atoms with van der Waals surface area (Å²) in [5, 5.41) is 11.4. The molecule has 2 aromatic carbocycles. The molecule has 0 bridgehead atoms. The molecular weight excluding hydrogens is 484 g/mol. The summed E-state index contributed by atoms with van der Waals surface area (Å²) in [7, 11) is 0. The molecule has 1 atom stereocenters. The van der Waals surface area contributed by atoms with Crippen molar-refractivity contribution in [3.8, 4) is 17.2 Å². The molecule has 196 valence electrons. The van der Waals surface area contributed by atoms with E-state index in [9.17, 15) is 14.7 Å². The number of ketones is 1. The average Bonchev–Trinajstić information content (AvgIpc) is 3.20. The summed E-state index contributed by atoms with van der Waals surface area (Å²) in [5.74, 6) is -0.00381. The molecule has 0 radical (unpaired) electrons. The normalized spacial score (nSPS) is 18.0. The molecule has 38 heavy (non-hydrogen) atoms. The molecule has 0 aliphatic carbocycles. The van der Waals surface area contributed by atoms with Crippen molar-refractivity contribution >= 4 is 17.4 Å². The number of likely N-dealkylation sites (tertiary alicyclic amines) is 1. The molecule has 1 amide bonds. The lowest BCUT2D eigenvalue weighted by Gasteiger charge is -2.26. The monoisotopic (exact) mass is 514 g/mol. The third-order valence-corrected chi connectivity index (χ3v) is 6.65. The number of ether oxygens (including phenoxy) is 3. The number of carbonyl (C=O) groups is 2. The number of unbranched alkanes of at least 4 members (excludes halogenated alkanes) is 2. The van der Waals surface area contributed by atoms with Crippen LogP contribution in [0.4, 0.5) is 0 Å². The molecule has 2 aliphatic rings. The van der Waals surface area contributed by atoms with Crippen LogP contribution in [0.2, 0.25) is 0 Å². The van der Waals surface area contributed by atoms with Crippen molar-refractivity contribution in [1.82, 2.24) is 9.88 Å². The van der Waals surface area contributed by atoms with Crippen LogP contribution in [0.3, 0.4) is 0 Å². The van der Waals surface area contributed by atoms with Crippen molar-refractivity contribution in [3.63, 3.8) is 0 Å². The highest BCUT2D eigenvalue weighted by Crippen LogP contribution is 2.42. The lowest BCUT2D eigenvalue weighted by molar-refractivity contribution is -0.140. The number of aliphatic hydroxyl groups excluding tert-OH is 1. The van der Waals surface area contributed by atoms with Gasteiger partial charge in [-0.15, -0.1) is 0 Å². The Labute approximate surface area is 221 Å². The molecule has 0 saturated carbocycles. The summed E-state index contributed by atoms with van der Waals surface area (Å²) in [4.78, 5) is 32.3. The van der Waals surface area contributed by atoms with Gasteiger partial charge in [0.05, 0.1) is 18.2 Å². The number of aliphatic hydroxyl groups is 1. The third-order valence-electron chi connectivity index (χ3n) is 6.65. The zero-order valence-electron chi connectivity index (χ0n) is 21.3. The van der Waals surface area contributed by atoms with E-state index >= 15 is 0 Å². The van der Waals surface area contributed by atoms with Crippen LogP contribution >= 0.6 is 0 Å². The van der Waals surface area contributed by atoms with E-state index in [0.717, 1.165) is 24.8 Å². The van der Waals surface area contributed by atoms with Gasteiger partial charge in [-0.3, -0.25) is 14.6 Å². The summed E-state index contributed by atoms with van der Waals surface area (Å²) >= 11 is 0. The Morgan fingerprint density at radius 1 is 1.03 bits per heavy atom. The van der Waals surface area contributed by atoms with Gasteiger partial charge in [0.25, 0.3) is 11.7 Å². The number of nitrogens with zero attached hydrogens (tertiary/aromatic N) is 2. The number of benzene rings is 2. The van der Waals surface area contributed by atoms with Crippen LogP contribution < -0.4 is 14.2 Å². The van der Waals surface area contributed by atoms with E-state index in [0.29, 0.717) is 48.2 Å². The first-order valence-electron chi connectivity index (χ1n) is 12.9. The van der Waals surface area contributed by atoms with Gasteiger partial charge in [0, 0.05) is 24.5 Å². The van der Waals surface area contributed by atoms with E-state index in [-0.39, 0.29) is 17.9 Å². The van der Waals surface area contributed by atoms with Crippen LogP contribution in [0.15, 0.2) is 72.6 Å². The van der Waals surface area contributed by atoms with E-state index in [1.807, 2.05) is 24.3 Å². The van der Waals surface area contributed by atoms with Gasteiger partial charge in [-0.2, -0.15) is 0 Å². The van der Waals surface area contributed by atoms with Gasteiger partial charge >= 0.3 is 0 Å². The Balaban J connectivity index is 1.56. The molecule has 0 unspecified atom stereocenters. The van der Waals surface area contributed by atoms with Crippen LogP contribution in [0, 0.1) is 0 Å². The Morgan fingerprint density at radius 2 is 1.82 bits per heavy atom. The fourth-order valence-electron chi connectivity index (χ4n) is 4.74. The molecule has 0 spiro atoms. The number of fused-ring (bicyclic) bond motifs is 1. The fourth-order valence-corrected chi connectivity index (χ4v) is 4.74. The van der Waals surface area contributed by atoms with Crippen LogP contribution in [0.1, 0.15) is 48.9 Å². The highest BCUT2D eigenvalue weighted by molar-refractivity contribution is 6.46. The van der Waals surface area contributed by atoms with Crippen molar-refractivity contribution < 1.29 is 28.9 Å². The average molecular weight is 515 g/mol. The summed E-state index contributed by atoms with van der Waals surface area (Å²) in [6.45, 7) is 3.71. The first kappa shape index (κ1) is 25.3. The van der Waals surface area contributed by atoms with Gasteiger partial charge in [0.2, 0.25) is 0 Å². The fraction of sp³-hybridized carbons (Fsp3) is 0.300. The molecule has 5 rings (SSSR count). The van der Waals surface area contributed by atoms with Gasteiger partial charge in [0.15, 0.2) is 11.5 Å². The molecule has 2 aliphatic heterocycles. The second kappa shape index (κ2) is 11.4. The minimum Gasteiger partial charge on any atom is -0.507 e. The van der Waals surface area contributed by atoms with E-state index in [1.54, 1.807) is 42.7 Å². The predicted octanol–water partition coefficient (Wildman–Crippen LogP) is 5.04. The molecule has 8 nitrogen and oxygen atoms in total. The first-order chi connectivity index (χ1) is 18.6. The zero-order chi connectivity index (χ0) is 26.5. The van der Waals surface area contributed by atoms with Gasteiger partial charge in [-0.1, -0.05) is 31.9 Å². The number of rotatable bonds is 9. The maximum atomic E-state index is 13.4. The maximum Gasteiger partial charge on any atom is 0.295 e. The van der Waals surface area contributed by atoms with Crippen LogP contribution in [-0.2, 0) is 16.1 Å². The lowest BCUT2D eigenvalue weighted by Crippen LogP contribution is -2.29.